The molecular formula is C11H16FN3O. The molecule has 16 heavy (non-hydrogen) atoms. The molecule has 0 amide bonds. The molecule has 0 radical (unpaired) electrons. The summed E-state index contributed by atoms with van der Waals surface area (Å²) in [5.41, 5.74) is 0. The summed E-state index contributed by atoms with van der Waals surface area (Å²) in [7, 11) is 0. The predicted octanol–water partition coefficient (Wildman–Crippen LogP) is 0.335. The van der Waals surface area contributed by atoms with E-state index in [2.05, 4.69) is 14.8 Å². The van der Waals surface area contributed by atoms with E-state index in [1.807, 2.05) is 0 Å². The Hall–Kier alpha value is -1.20. The summed E-state index contributed by atoms with van der Waals surface area (Å²) < 4.78 is 12.7. The van der Waals surface area contributed by atoms with Crippen LogP contribution in [0.2, 0.25) is 0 Å². The Morgan fingerprint density at radius 2 is 2.00 bits per heavy atom. The molecule has 0 aliphatic carbocycles. The molecule has 1 saturated heterocycles. The van der Waals surface area contributed by atoms with Crippen molar-refractivity contribution in [2.24, 2.45) is 0 Å². The first-order valence-electron chi connectivity index (χ1n) is 5.49. The Bertz CT molecular complexity index is 323. The third-order valence-corrected chi connectivity index (χ3v) is 2.82. The van der Waals surface area contributed by atoms with E-state index < -0.39 is 0 Å². The van der Waals surface area contributed by atoms with E-state index in [1.165, 1.54) is 12.3 Å². The molecule has 1 fully saturated rings. The number of aliphatic hydroxyl groups is 1. The third-order valence-electron chi connectivity index (χ3n) is 2.82. The lowest BCUT2D eigenvalue weighted by Crippen LogP contribution is -2.47. The maximum Gasteiger partial charge on any atom is 0.141 e. The Kier molecular flexibility index (Phi) is 3.69. The standard InChI is InChI=1S/C11H16FN3O/c12-10-1-2-11(13-9-10)15-5-3-14(4-6-15)7-8-16/h1-2,9,16H,3-8H2. The summed E-state index contributed by atoms with van der Waals surface area (Å²) >= 11 is 0. The molecule has 88 valence electrons. The maximum absolute atomic E-state index is 12.7. The van der Waals surface area contributed by atoms with E-state index in [1.54, 1.807) is 6.07 Å². The summed E-state index contributed by atoms with van der Waals surface area (Å²) in [5, 5.41) is 8.82. The highest BCUT2D eigenvalue weighted by Crippen LogP contribution is 2.13. The van der Waals surface area contributed by atoms with Gasteiger partial charge in [0, 0.05) is 32.7 Å². The van der Waals surface area contributed by atoms with Crippen molar-refractivity contribution in [3.8, 4) is 0 Å². The first-order valence-corrected chi connectivity index (χ1v) is 5.49. The molecule has 1 aliphatic heterocycles. The molecule has 5 heteroatoms. The number of rotatable bonds is 3. The summed E-state index contributed by atoms with van der Waals surface area (Å²) in [6, 6.07) is 3.14. The zero-order chi connectivity index (χ0) is 11.4. The lowest BCUT2D eigenvalue weighted by atomic mass is 10.3. The lowest BCUT2D eigenvalue weighted by Gasteiger charge is -2.34. The zero-order valence-electron chi connectivity index (χ0n) is 9.14. The van der Waals surface area contributed by atoms with Gasteiger partial charge in [-0.2, -0.15) is 0 Å². The van der Waals surface area contributed by atoms with E-state index in [9.17, 15) is 4.39 Å². The highest BCUT2D eigenvalue weighted by Gasteiger charge is 2.17. The molecule has 2 heterocycles. The Morgan fingerprint density at radius 1 is 1.25 bits per heavy atom. The highest BCUT2D eigenvalue weighted by atomic mass is 19.1. The van der Waals surface area contributed by atoms with Gasteiger partial charge in [0.1, 0.15) is 11.6 Å². The number of aliphatic hydroxyl groups excluding tert-OH is 1. The molecule has 1 aromatic rings. The van der Waals surface area contributed by atoms with Crippen LogP contribution >= 0.6 is 0 Å². The lowest BCUT2D eigenvalue weighted by molar-refractivity contribution is 0.188. The van der Waals surface area contributed by atoms with Crippen molar-refractivity contribution in [3.63, 3.8) is 0 Å². The van der Waals surface area contributed by atoms with Crippen LogP contribution in [0.4, 0.5) is 10.2 Å². The van der Waals surface area contributed by atoms with Crippen LogP contribution in [-0.2, 0) is 0 Å². The second kappa shape index (κ2) is 5.23. The van der Waals surface area contributed by atoms with Crippen LogP contribution < -0.4 is 4.90 Å². The van der Waals surface area contributed by atoms with Gasteiger partial charge < -0.3 is 10.0 Å². The average molecular weight is 225 g/mol. The Morgan fingerprint density at radius 3 is 2.56 bits per heavy atom. The van der Waals surface area contributed by atoms with Crippen LogP contribution in [0, 0.1) is 5.82 Å². The zero-order valence-corrected chi connectivity index (χ0v) is 9.14. The van der Waals surface area contributed by atoms with Gasteiger partial charge in [0.25, 0.3) is 0 Å². The van der Waals surface area contributed by atoms with Crippen molar-refractivity contribution in [2.75, 3.05) is 44.2 Å². The number of halogens is 1. The van der Waals surface area contributed by atoms with E-state index in [4.69, 9.17) is 5.11 Å². The van der Waals surface area contributed by atoms with Gasteiger partial charge in [-0.05, 0) is 12.1 Å². The molecule has 0 aromatic carbocycles. The van der Waals surface area contributed by atoms with Crippen LogP contribution in [0.5, 0.6) is 0 Å². The SMILES string of the molecule is OCCN1CCN(c2ccc(F)cn2)CC1. The number of aromatic nitrogens is 1. The molecule has 0 saturated carbocycles. The Labute approximate surface area is 94.3 Å². The van der Waals surface area contributed by atoms with Crippen LogP contribution in [0.3, 0.4) is 0 Å². The fraction of sp³-hybridized carbons (Fsp3) is 0.545. The topological polar surface area (TPSA) is 39.6 Å². The first-order chi connectivity index (χ1) is 7.79. The quantitative estimate of drug-likeness (QED) is 0.805. The molecule has 0 spiro atoms. The van der Waals surface area contributed by atoms with Gasteiger partial charge in [-0.3, -0.25) is 4.90 Å². The molecule has 0 unspecified atom stereocenters. The van der Waals surface area contributed by atoms with Crippen molar-refractivity contribution >= 4 is 5.82 Å². The minimum absolute atomic E-state index is 0.203. The van der Waals surface area contributed by atoms with Crippen molar-refractivity contribution in [1.82, 2.24) is 9.88 Å². The van der Waals surface area contributed by atoms with Crippen molar-refractivity contribution < 1.29 is 9.50 Å². The fourth-order valence-corrected chi connectivity index (χ4v) is 1.90. The molecule has 1 aromatic heterocycles. The van der Waals surface area contributed by atoms with E-state index in [-0.39, 0.29) is 12.4 Å². The summed E-state index contributed by atoms with van der Waals surface area (Å²) in [5.74, 6) is 0.521. The number of hydrogen-bond acceptors (Lipinski definition) is 4. The van der Waals surface area contributed by atoms with E-state index >= 15 is 0 Å². The van der Waals surface area contributed by atoms with Crippen LogP contribution in [-0.4, -0.2) is 54.3 Å². The smallest absolute Gasteiger partial charge is 0.141 e. The first kappa shape index (κ1) is 11.3. The van der Waals surface area contributed by atoms with Crippen LogP contribution in [0.15, 0.2) is 18.3 Å². The normalized spacial score (nSPS) is 17.8. The number of β-amino-alcohol motifs (C(OH)–C–C–N with tert-alkyl or cyclic N) is 1. The number of pyridine rings is 1. The van der Waals surface area contributed by atoms with Crippen LogP contribution in [0.25, 0.3) is 0 Å². The second-order valence-electron chi connectivity index (χ2n) is 3.89. The molecule has 0 bridgehead atoms. The van der Waals surface area contributed by atoms with E-state index in [0.717, 1.165) is 38.5 Å². The van der Waals surface area contributed by atoms with Crippen molar-refractivity contribution in [3.05, 3.63) is 24.1 Å². The minimum Gasteiger partial charge on any atom is -0.395 e. The molecule has 2 rings (SSSR count). The van der Waals surface area contributed by atoms with Gasteiger partial charge in [0.15, 0.2) is 0 Å². The average Bonchev–Trinajstić information content (AvgIpc) is 2.32. The number of nitrogens with zero attached hydrogens (tertiary/aromatic N) is 3. The summed E-state index contributed by atoms with van der Waals surface area (Å²) in [6.07, 6.45) is 1.25. The van der Waals surface area contributed by atoms with Crippen molar-refractivity contribution in [2.45, 2.75) is 0 Å². The monoisotopic (exact) mass is 225 g/mol. The van der Waals surface area contributed by atoms with Crippen molar-refractivity contribution in [1.29, 1.82) is 0 Å². The molecule has 4 nitrogen and oxygen atoms in total. The van der Waals surface area contributed by atoms with Gasteiger partial charge in [-0.1, -0.05) is 0 Å². The van der Waals surface area contributed by atoms with Gasteiger partial charge in [0.2, 0.25) is 0 Å². The third kappa shape index (κ3) is 2.68. The van der Waals surface area contributed by atoms with Crippen LogP contribution in [0.1, 0.15) is 0 Å². The van der Waals surface area contributed by atoms with Gasteiger partial charge in [-0.15, -0.1) is 0 Å². The summed E-state index contributed by atoms with van der Waals surface area (Å²) in [4.78, 5) is 8.40. The molecule has 0 atom stereocenters. The van der Waals surface area contributed by atoms with Gasteiger partial charge >= 0.3 is 0 Å². The predicted molar refractivity (Wildman–Crippen MR) is 59.9 cm³/mol. The van der Waals surface area contributed by atoms with Gasteiger partial charge in [-0.25, -0.2) is 9.37 Å². The number of hydrogen-bond donors (Lipinski definition) is 1. The summed E-state index contributed by atoms with van der Waals surface area (Å²) in [6.45, 7) is 4.51. The molecule has 1 aliphatic rings. The Balaban J connectivity index is 1.91. The number of piperazine rings is 1. The minimum atomic E-state index is -0.303. The molecular weight excluding hydrogens is 209 g/mol. The highest BCUT2D eigenvalue weighted by molar-refractivity contribution is 5.38. The van der Waals surface area contributed by atoms with E-state index in [0.29, 0.717) is 0 Å². The largest absolute Gasteiger partial charge is 0.395 e. The maximum atomic E-state index is 12.7. The number of anilines is 1. The molecule has 1 N–H and O–H groups in total. The second-order valence-corrected chi connectivity index (χ2v) is 3.89. The fourth-order valence-electron chi connectivity index (χ4n) is 1.90. The van der Waals surface area contributed by atoms with Gasteiger partial charge in [0.05, 0.1) is 12.8 Å².